The van der Waals surface area contributed by atoms with Gasteiger partial charge in [-0.15, -0.1) is 12.4 Å². The van der Waals surface area contributed by atoms with Gasteiger partial charge >= 0.3 is 0 Å². The zero-order valence-corrected chi connectivity index (χ0v) is 19.0. The van der Waals surface area contributed by atoms with Crippen LogP contribution in [0.15, 0.2) is 34.1 Å². The van der Waals surface area contributed by atoms with Gasteiger partial charge in [0.15, 0.2) is 5.43 Å². The minimum atomic E-state index is -0.277. The maximum absolute atomic E-state index is 12.7. The molecule has 0 aliphatic rings. The topological polar surface area (TPSA) is 132 Å². The largest absolute Gasteiger partial charge is 0.507 e. The van der Waals surface area contributed by atoms with Crippen molar-refractivity contribution in [2.45, 2.75) is 6.54 Å². The van der Waals surface area contributed by atoms with Gasteiger partial charge in [0, 0.05) is 31.6 Å². The summed E-state index contributed by atoms with van der Waals surface area (Å²) in [5.41, 5.74) is 6.86. The predicted molar refractivity (Wildman–Crippen MR) is 130 cm³/mol. The summed E-state index contributed by atoms with van der Waals surface area (Å²) in [6, 6.07) is 6.38. The Bertz CT molecular complexity index is 1360. The summed E-state index contributed by atoms with van der Waals surface area (Å²) in [6.45, 7) is 3.96. The first-order valence-electron chi connectivity index (χ1n) is 10.4. The molecule has 32 heavy (non-hydrogen) atoms. The van der Waals surface area contributed by atoms with Gasteiger partial charge in [-0.05, 0) is 38.4 Å². The van der Waals surface area contributed by atoms with Gasteiger partial charge in [0.25, 0.3) is 0 Å². The molecule has 3 aromatic carbocycles. The quantitative estimate of drug-likeness (QED) is 0.196. The number of halogens is 1. The van der Waals surface area contributed by atoms with Crippen LogP contribution >= 0.6 is 12.4 Å². The molecule has 0 radical (unpaired) electrons. The monoisotopic (exact) mass is 460 g/mol. The number of phenolic OH excluding ortho intramolecular Hbond substituents is 2. The summed E-state index contributed by atoms with van der Waals surface area (Å²) in [4.78, 5) is 19.4. The molecule has 9 nitrogen and oxygen atoms in total. The van der Waals surface area contributed by atoms with Crippen LogP contribution in [0, 0.1) is 0 Å². The van der Waals surface area contributed by atoms with E-state index in [2.05, 4.69) is 20.3 Å². The van der Waals surface area contributed by atoms with Gasteiger partial charge < -0.3 is 26.2 Å². The molecule has 0 spiro atoms. The number of aromatic hydroxyl groups is 2. The lowest BCUT2D eigenvalue weighted by Crippen LogP contribution is -2.28. The van der Waals surface area contributed by atoms with Gasteiger partial charge in [-0.25, -0.2) is 0 Å². The molecule has 1 aromatic heterocycles. The standard InChI is InChI=1S/C22H28N6O3.ClH/c1-27(2)12-10-24-8-9-25-13-3-4-14-18-17(13)22(31)20-16(30)6-5-15(29)19(20)21(18)26-28(14)11-7-23;/h3-6,24,26,30-31H,7-12,23H2,1-2H3;1H. The summed E-state index contributed by atoms with van der Waals surface area (Å²) in [5.74, 6) is -0.285. The first-order valence-corrected chi connectivity index (χ1v) is 10.4. The molecule has 0 unspecified atom stereocenters. The number of hydrogen-bond acceptors (Lipinski definition) is 7. The Morgan fingerprint density at radius 3 is 2.59 bits per heavy atom. The van der Waals surface area contributed by atoms with E-state index in [0.29, 0.717) is 47.8 Å². The zero-order chi connectivity index (χ0) is 22.1. The second-order valence-corrected chi connectivity index (χ2v) is 7.90. The fraction of sp³-hybridized carbons (Fsp3) is 0.364. The van der Waals surface area contributed by atoms with Crippen LogP contribution in [0.25, 0.3) is 32.6 Å². The smallest absolute Gasteiger partial charge is 0.189 e. The van der Waals surface area contributed by atoms with E-state index in [-0.39, 0.29) is 40.1 Å². The van der Waals surface area contributed by atoms with Crippen molar-refractivity contribution in [3.63, 3.8) is 0 Å². The normalized spacial score (nSPS) is 12.4. The van der Waals surface area contributed by atoms with Crippen molar-refractivity contribution in [3.05, 3.63) is 39.8 Å². The molecule has 0 aliphatic heterocycles. The molecule has 0 aliphatic carbocycles. The van der Waals surface area contributed by atoms with Crippen LogP contribution in [-0.4, -0.2) is 71.7 Å². The number of nitrogens with one attached hydrogen (secondary N) is 2. The maximum Gasteiger partial charge on any atom is 0.189 e. The summed E-state index contributed by atoms with van der Waals surface area (Å²) < 4.78 is 1.85. The van der Waals surface area contributed by atoms with Crippen molar-refractivity contribution < 1.29 is 10.2 Å². The number of fused-ring (bicyclic) bond motifs is 2. The van der Waals surface area contributed by atoms with Gasteiger partial charge in [-0.2, -0.15) is 0 Å². The third-order valence-electron chi connectivity index (χ3n) is 5.48. The molecule has 172 valence electrons. The third kappa shape index (κ3) is 4.12. The van der Waals surface area contributed by atoms with Crippen LogP contribution in [-0.2, 0) is 6.54 Å². The van der Waals surface area contributed by atoms with E-state index in [1.54, 1.807) is 0 Å². The number of aromatic nitrogens is 2. The molecule has 4 rings (SSSR count). The Morgan fingerprint density at radius 1 is 1.09 bits per heavy atom. The van der Waals surface area contributed by atoms with Crippen LogP contribution in [0.4, 0.5) is 0 Å². The van der Waals surface area contributed by atoms with Crippen molar-refractivity contribution in [2.24, 2.45) is 10.7 Å². The van der Waals surface area contributed by atoms with E-state index in [1.165, 1.54) is 12.1 Å². The molecule has 0 bridgehead atoms. The number of likely N-dealkylation sites (N-methyl/N-ethyl adjacent to an activating group) is 1. The van der Waals surface area contributed by atoms with Gasteiger partial charge in [-0.3, -0.25) is 19.6 Å². The molecule has 0 amide bonds. The predicted octanol–water partition coefficient (Wildman–Crippen LogP) is 0.917. The number of rotatable bonds is 8. The van der Waals surface area contributed by atoms with E-state index in [4.69, 9.17) is 5.73 Å². The number of H-pyrrole nitrogens is 1. The zero-order valence-electron chi connectivity index (χ0n) is 18.2. The average molecular weight is 461 g/mol. The minimum absolute atomic E-state index is 0. The molecule has 0 fully saturated rings. The van der Waals surface area contributed by atoms with Crippen LogP contribution in [0.2, 0.25) is 0 Å². The Kier molecular flexibility index (Phi) is 7.25. The number of phenols is 2. The molecule has 0 saturated carbocycles. The van der Waals surface area contributed by atoms with Crippen molar-refractivity contribution in [1.82, 2.24) is 20.0 Å². The Labute approximate surface area is 190 Å². The highest BCUT2D eigenvalue weighted by molar-refractivity contribution is 6.23. The van der Waals surface area contributed by atoms with E-state index < -0.39 is 0 Å². The highest BCUT2D eigenvalue weighted by Crippen LogP contribution is 2.41. The lowest BCUT2D eigenvalue weighted by molar-refractivity contribution is 0.401. The second kappa shape index (κ2) is 9.74. The molecular weight excluding hydrogens is 432 g/mol. The molecule has 6 N–H and O–H groups in total. The number of aromatic amines is 1. The van der Waals surface area contributed by atoms with Gasteiger partial charge in [-0.1, -0.05) is 0 Å². The number of nitrogens with two attached hydrogens (primary N) is 1. The van der Waals surface area contributed by atoms with Crippen molar-refractivity contribution in [1.29, 1.82) is 0 Å². The first-order chi connectivity index (χ1) is 14.9. The fourth-order valence-electron chi connectivity index (χ4n) is 4.04. The van der Waals surface area contributed by atoms with Crippen LogP contribution in [0.1, 0.15) is 0 Å². The fourth-order valence-corrected chi connectivity index (χ4v) is 4.04. The summed E-state index contributed by atoms with van der Waals surface area (Å²) in [7, 11) is 4.05. The van der Waals surface area contributed by atoms with E-state index >= 15 is 0 Å². The minimum Gasteiger partial charge on any atom is -0.507 e. The Hall–Kier alpha value is -2.85. The highest BCUT2D eigenvalue weighted by atomic mass is 35.5. The van der Waals surface area contributed by atoms with Crippen molar-refractivity contribution in [2.75, 3.05) is 46.8 Å². The van der Waals surface area contributed by atoms with E-state index in [0.717, 1.165) is 18.6 Å². The summed E-state index contributed by atoms with van der Waals surface area (Å²) in [6.07, 6.45) is 0. The average Bonchev–Trinajstić information content (AvgIpc) is 3.09. The van der Waals surface area contributed by atoms with Gasteiger partial charge in [0.2, 0.25) is 0 Å². The maximum atomic E-state index is 12.7. The van der Waals surface area contributed by atoms with Gasteiger partial charge in [0.1, 0.15) is 11.5 Å². The molecular formula is C22H29ClN6O3. The Balaban J connectivity index is 0.00000289. The third-order valence-corrected chi connectivity index (χ3v) is 5.48. The van der Waals surface area contributed by atoms with Crippen molar-refractivity contribution in [3.8, 4) is 11.5 Å². The molecule has 10 heteroatoms. The number of benzene rings is 3. The summed E-state index contributed by atoms with van der Waals surface area (Å²) in [5, 5.41) is 30.4. The van der Waals surface area contributed by atoms with Crippen LogP contribution in [0.5, 0.6) is 11.5 Å². The molecule has 4 aromatic rings. The number of nitrogens with zero attached hydrogens (tertiary/aromatic N) is 3. The molecule has 1 heterocycles. The highest BCUT2D eigenvalue weighted by Gasteiger charge is 2.21. The van der Waals surface area contributed by atoms with Crippen molar-refractivity contribution >= 4 is 45.0 Å². The van der Waals surface area contributed by atoms with E-state index in [1.807, 2.05) is 30.9 Å². The number of hydrogen-bond donors (Lipinski definition) is 5. The molecule has 0 atom stereocenters. The summed E-state index contributed by atoms with van der Waals surface area (Å²) >= 11 is 0. The van der Waals surface area contributed by atoms with E-state index in [9.17, 15) is 15.0 Å². The van der Waals surface area contributed by atoms with Gasteiger partial charge in [0.05, 0.1) is 45.6 Å². The molecule has 0 saturated heterocycles. The SMILES string of the molecule is CN(C)CCNCCN=c1ccc2c3c1c(O)c1c(O)ccc(=O)c1c3[nH]n2CCN.Cl. The van der Waals surface area contributed by atoms with Crippen LogP contribution < -0.4 is 21.8 Å². The Morgan fingerprint density at radius 2 is 1.88 bits per heavy atom. The lowest BCUT2D eigenvalue weighted by atomic mass is 9.99. The second-order valence-electron chi connectivity index (χ2n) is 7.90. The first kappa shape index (κ1) is 23.8. The lowest BCUT2D eigenvalue weighted by Gasteiger charge is -2.10. The van der Waals surface area contributed by atoms with Crippen LogP contribution in [0.3, 0.4) is 0 Å².